The Kier molecular flexibility index (Phi) is 1.70. The van der Waals surface area contributed by atoms with Gasteiger partial charge in [0, 0.05) is 0 Å². The van der Waals surface area contributed by atoms with E-state index >= 15 is 0 Å². The molecule has 74 valence electrons. The van der Waals surface area contributed by atoms with Gasteiger partial charge in [0.05, 0.1) is 6.10 Å². The highest BCUT2D eigenvalue weighted by molar-refractivity contribution is 5.14. The van der Waals surface area contributed by atoms with Gasteiger partial charge in [0.15, 0.2) is 0 Å². The predicted molar refractivity (Wildman–Crippen MR) is 54.3 cm³/mol. The molecule has 1 heteroatoms. The van der Waals surface area contributed by atoms with E-state index in [4.69, 9.17) is 0 Å². The minimum Gasteiger partial charge on any atom is -0.392 e. The number of hydrogen-bond acceptors (Lipinski definition) is 1. The molecule has 0 aromatic heterocycles. The molecule has 4 atom stereocenters. The Morgan fingerprint density at radius 3 is 2.31 bits per heavy atom. The largest absolute Gasteiger partial charge is 0.392 e. The van der Waals surface area contributed by atoms with Crippen LogP contribution in [0.1, 0.15) is 33.6 Å². The molecule has 0 heterocycles. The smallest absolute Gasteiger partial charge is 0.0647 e. The summed E-state index contributed by atoms with van der Waals surface area (Å²) in [7, 11) is 0. The van der Waals surface area contributed by atoms with Crippen molar-refractivity contribution in [3.63, 3.8) is 0 Å². The minimum atomic E-state index is -0.124. The number of fused-ring (bicyclic) bond motifs is 2. The fourth-order valence-corrected chi connectivity index (χ4v) is 3.80. The van der Waals surface area contributed by atoms with E-state index in [1.165, 1.54) is 6.42 Å². The maximum absolute atomic E-state index is 10.2. The molecular formula is C12H20O. The molecule has 0 saturated heterocycles. The third-order valence-electron chi connectivity index (χ3n) is 4.53. The van der Waals surface area contributed by atoms with E-state index in [1.807, 2.05) is 0 Å². The molecule has 0 aromatic rings. The van der Waals surface area contributed by atoms with Gasteiger partial charge in [0.25, 0.3) is 0 Å². The molecule has 1 N–H and O–H groups in total. The second-order valence-corrected chi connectivity index (χ2v) is 5.79. The molecule has 2 aliphatic rings. The summed E-state index contributed by atoms with van der Waals surface area (Å²) in [5, 5.41) is 10.2. The van der Waals surface area contributed by atoms with Gasteiger partial charge in [-0.1, -0.05) is 26.8 Å². The van der Waals surface area contributed by atoms with Gasteiger partial charge in [0.2, 0.25) is 0 Å². The first kappa shape index (κ1) is 9.26. The normalized spacial score (nSPS) is 52.5. The van der Waals surface area contributed by atoms with Crippen LogP contribution in [0.25, 0.3) is 0 Å². The molecule has 2 rings (SSSR count). The van der Waals surface area contributed by atoms with Gasteiger partial charge in [-0.3, -0.25) is 0 Å². The first-order valence-electron chi connectivity index (χ1n) is 5.22. The predicted octanol–water partition coefficient (Wildman–Crippen LogP) is 2.61. The van der Waals surface area contributed by atoms with E-state index in [0.29, 0.717) is 11.8 Å². The van der Waals surface area contributed by atoms with Crippen molar-refractivity contribution < 1.29 is 5.11 Å². The topological polar surface area (TPSA) is 20.2 Å². The van der Waals surface area contributed by atoms with Crippen molar-refractivity contribution in [2.24, 2.45) is 22.7 Å². The summed E-state index contributed by atoms with van der Waals surface area (Å²) in [5.41, 5.74) is 0.249. The Balaban J connectivity index is 2.35. The van der Waals surface area contributed by atoms with Crippen molar-refractivity contribution in [3.8, 4) is 0 Å². The molecule has 0 spiro atoms. The summed E-state index contributed by atoms with van der Waals surface area (Å²) in [6.45, 7) is 10.5. The van der Waals surface area contributed by atoms with Crippen molar-refractivity contribution in [2.75, 3.05) is 0 Å². The van der Waals surface area contributed by atoms with Crippen LogP contribution >= 0.6 is 0 Å². The Bertz CT molecular complexity index is 239. The van der Waals surface area contributed by atoms with Crippen LogP contribution in [0.4, 0.5) is 0 Å². The second kappa shape index (κ2) is 2.38. The maximum Gasteiger partial charge on any atom is 0.0647 e. The van der Waals surface area contributed by atoms with Crippen LogP contribution in [0, 0.1) is 22.7 Å². The molecule has 2 saturated carbocycles. The van der Waals surface area contributed by atoms with Gasteiger partial charge in [-0.2, -0.15) is 0 Å². The van der Waals surface area contributed by atoms with Crippen molar-refractivity contribution >= 4 is 0 Å². The zero-order chi connectivity index (χ0) is 9.85. The molecule has 0 aromatic carbocycles. The Morgan fingerprint density at radius 2 is 1.92 bits per heavy atom. The van der Waals surface area contributed by atoms with E-state index in [2.05, 4.69) is 33.4 Å². The molecule has 0 radical (unpaired) electrons. The van der Waals surface area contributed by atoms with E-state index in [9.17, 15) is 5.11 Å². The van der Waals surface area contributed by atoms with Gasteiger partial charge in [0.1, 0.15) is 0 Å². The lowest BCUT2D eigenvalue weighted by molar-refractivity contribution is -0.0458. The van der Waals surface area contributed by atoms with Crippen LogP contribution in [0.2, 0.25) is 0 Å². The summed E-state index contributed by atoms with van der Waals surface area (Å²) in [6.07, 6.45) is 4.27. The summed E-state index contributed by atoms with van der Waals surface area (Å²) >= 11 is 0. The lowest BCUT2D eigenvalue weighted by atomic mass is 9.66. The maximum atomic E-state index is 10.2. The van der Waals surface area contributed by atoms with Crippen LogP contribution < -0.4 is 0 Å². The highest BCUT2D eigenvalue weighted by Crippen LogP contribution is 2.64. The zero-order valence-electron chi connectivity index (χ0n) is 8.88. The van der Waals surface area contributed by atoms with Gasteiger partial charge >= 0.3 is 0 Å². The second-order valence-electron chi connectivity index (χ2n) is 5.79. The SMILES string of the molecule is C=CC1C[C@]2(C)C[C@@H]1C(C)(C)[C@H]2O. The Morgan fingerprint density at radius 1 is 1.31 bits per heavy atom. The molecule has 2 fully saturated rings. The fourth-order valence-electron chi connectivity index (χ4n) is 3.80. The van der Waals surface area contributed by atoms with Crippen LogP contribution in [0.3, 0.4) is 0 Å². The molecular weight excluding hydrogens is 160 g/mol. The number of rotatable bonds is 1. The van der Waals surface area contributed by atoms with Crippen molar-refractivity contribution in [3.05, 3.63) is 12.7 Å². The highest BCUT2D eigenvalue weighted by Gasteiger charge is 2.61. The summed E-state index contributed by atoms with van der Waals surface area (Å²) in [4.78, 5) is 0. The summed E-state index contributed by atoms with van der Waals surface area (Å²) in [5.74, 6) is 1.27. The average Bonchev–Trinajstić information content (AvgIpc) is 2.49. The molecule has 13 heavy (non-hydrogen) atoms. The van der Waals surface area contributed by atoms with Crippen LogP contribution in [0.5, 0.6) is 0 Å². The fraction of sp³-hybridized carbons (Fsp3) is 0.833. The zero-order valence-corrected chi connectivity index (χ0v) is 8.88. The molecule has 0 amide bonds. The van der Waals surface area contributed by atoms with E-state index < -0.39 is 0 Å². The van der Waals surface area contributed by atoms with E-state index in [1.54, 1.807) is 0 Å². The van der Waals surface area contributed by atoms with Crippen LogP contribution in [-0.4, -0.2) is 11.2 Å². The Hall–Kier alpha value is -0.300. The van der Waals surface area contributed by atoms with Crippen molar-refractivity contribution in [1.82, 2.24) is 0 Å². The third kappa shape index (κ3) is 0.969. The van der Waals surface area contributed by atoms with E-state index in [-0.39, 0.29) is 16.9 Å². The van der Waals surface area contributed by atoms with Gasteiger partial charge in [-0.15, -0.1) is 6.58 Å². The summed E-state index contributed by atoms with van der Waals surface area (Å²) < 4.78 is 0. The minimum absolute atomic E-state index is 0.0891. The first-order chi connectivity index (χ1) is 5.92. The van der Waals surface area contributed by atoms with Crippen molar-refractivity contribution in [2.45, 2.75) is 39.7 Å². The highest BCUT2D eigenvalue weighted by atomic mass is 16.3. The molecule has 1 nitrogen and oxygen atoms in total. The van der Waals surface area contributed by atoms with Gasteiger partial charge in [-0.05, 0) is 35.5 Å². The number of allylic oxidation sites excluding steroid dienone is 1. The van der Waals surface area contributed by atoms with Gasteiger partial charge < -0.3 is 5.11 Å². The number of hydrogen-bond donors (Lipinski definition) is 1. The Labute approximate surface area is 80.8 Å². The standard InChI is InChI=1S/C12H20O/c1-5-8-6-12(4)7-9(8)11(2,3)10(12)13/h5,8-10,13H,1,6-7H2,2-4H3/t8?,9-,10+,12+/m0/s1. The average molecular weight is 180 g/mol. The first-order valence-corrected chi connectivity index (χ1v) is 5.22. The number of aliphatic hydroxyl groups excluding tert-OH is 1. The lowest BCUT2D eigenvalue weighted by Crippen LogP contribution is -2.42. The van der Waals surface area contributed by atoms with Crippen LogP contribution in [-0.2, 0) is 0 Å². The van der Waals surface area contributed by atoms with E-state index in [0.717, 1.165) is 6.42 Å². The molecule has 1 unspecified atom stereocenters. The lowest BCUT2D eigenvalue weighted by Gasteiger charge is -2.42. The van der Waals surface area contributed by atoms with Crippen LogP contribution in [0.15, 0.2) is 12.7 Å². The monoisotopic (exact) mass is 180 g/mol. The quantitative estimate of drug-likeness (QED) is 0.615. The molecule has 2 aliphatic carbocycles. The molecule has 0 aliphatic heterocycles. The third-order valence-corrected chi connectivity index (χ3v) is 4.53. The number of aliphatic hydroxyl groups is 1. The molecule has 2 bridgehead atoms. The summed E-state index contributed by atoms with van der Waals surface area (Å²) in [6, 6.07) is 0. The van der Waals surface area contributed by atoms with Crippen molar-refractivity contribution in [1.29, 1.82) is 0 Å². The van der Waals surface area contributed by atoms with Gasteiger partial charge in [-0.25, -0.2) is 0 Å².